The van der Waals surface area contributed by atoms with Crippen LogP contribution in [0.5, 0.6) is 0 Å². The van der Waals surface area contributed by atoms with Crippen molar-refractivity contribution in [2.45, 2.75) is 41.5 Å². The average molecular weight is 332 g/mol. The minimum absolute atomic E-state index is 0.330. The number of hydrogen-bond donors (Lipinski definition) is 0. The van der Waals surface area contributed by atoms with Gasteiger partial charge in [0, 0.05) is 11.4 Å². The standard InChI is InChI=1S/C18H24N2O4/c1-7-23-17(21)15-9-11(3)19(13(15)5)20-12(4)10-16(14(20)6)18(22)24-8-2/h9-10H,7-8H2,1-6H3. The first kappa shape index (κ1) is 17.8. The molecule has 0 aliphatic heterocycles. The summed E-state index contributed by atoms with van der Waals surface area (Å²) < 4.78 is 14.1. The molecule has 0 bridgehead atoms. The summed E-state index contributed by atoms with van der Waals surface area (Å²) in [6, 6.07) is 3.60. The Labute approximate surface area is 141 Å². The fourth-order valence-corrected chi connectivity index (χ4v) is 2.95. The van der Waals surface area contributed by atoms with Crippen molar-refractivity contribution in [1.82, 2.24) is 9.35 Å². The van der Waals surface area contributed by atoms with E-state index in [9.17, 15) is 9.59 Å². The van der Waals surface area contributed by atoms with Gasteiger partial charge in [-0.15, -0.1) is 0 Å². The van der Waals surface area contributed by atoms with E-state index in [-0.39, 0.29) is 11.9 Å². The Hall–Kier alpha value is -2.50. The second kappa shape index (κ2) is 6.95. The van der Waals surface area contributed by atoms with Crippen molar-refractivity contribution in [3.63, 3.8) is 0 Å². The summed E-state index contributed by atoms with van der Waals surface area (Å²) >= 11 is 0. The quantitative estimate of drug-likeness (QED) is 0.789. The predicted octanol–water partition coefficient (Wildman–Crippen LogP) is 3.19. The van der Waals surface area contributed by atoms with Crippen LogP contribution in [0.4, 0.5) is 0 Å². The third kappa shape index (κ3) is 2.96. The summed E-state index contributed by atoms with van der Waals surface area (Å²) in [7, 11) is 0. The van der Waals surface area contributed by atoms with Crippen LogP contribution in [0, 0.1) is 27.7 Å². The molecule has 0 unspecified atom stereocenters. The van der Waals surface area contributed by atoms with Crippen molar-refractivity contribution < 1.29 is 19.1 Å². The highest BCUT2D eigenvalue weighted by Crippen LogP contribution is 2.22. The van der Waals surface area contributed by atoms with E-state index in [1.165, 1.54) is 0 Å². The largest absolute Gasteiger partial charge is 0.462 e. The number of ether oxygens (including phenoxy) is 2. The van der Waals surface area contributed by atoms with E-state index < -0.39 is 0 Å². The van der Waals surface area contributed by atoms with E-state index >= 15 is 0 Å². The summed E-state index contributed by atoms with van der Waals surface area (Å²) in [5.74, 6) is -0.685. The van der Waals surface area contributed by atoms with Crippen molar-refractivity contribution in [3.05, 3.63) is 46.0 Å². The lowest BCUT2D eigenvalue weighted by atomic mass is 10.2. The number of nitrogens with zero attached hydrogens (tertiary/aromatic N) is 2. The molecule has 0 N–H and O–H groups in total. The molecule has 0 aliphatic carbocycles. The van der Waals surface area contributed by atoms with Gasteiger partial charge in [0.15, 0.2) is 0 Å². The van der Waals surface area contributed by atoms with E-state index in [1.54, 1.807) is 26.0 Å². The van der Waals surface area contributed by atoms with Gasteiger partial charge in [0.05, 0.1) is 35.7 Å². The molecular formula is C18H24N2O4. The highest BCUT2D eigenvalue weighted by molar-refractivity contribution is 5.92. The lowest BCUT2D eigenvalue weighted by Gasteiger charge is -2.16. The minimum atomic E-state index is -0.343. The molecule has 2 rings (SSSR count). The zero-order valence-corrected chi connectivity index (χ0v) is 15.1. The zero-order valence-electron chi connectivity index (χ0n) is 15.1. The molecule has 0 atom stereocenters. The molecule has 0 amide bonds. The lowest BCUT2D eigenvalue weighted by molar-refractivity contribution is 0.0515. The molecule has 0 spiro atoms. The molecule has 0 saturated carbocycles. The van der Waals surface area contributed by atoms with Crippen LogP contribution in [0.3, 0.4) is 0 Å². The molecule has 130 valence electrons. The van der Waals surface area contributed by atoms with Gasteiger partial charge in [-0.05, 0) is 53.7 Å². The highest BCUT2D eigenvalue weighted by Gasteiger charge is 2.22. The Morgan fingerprint density at radius 2 is 1.12 bits per heavy atom. The summed E-state index contributed by atoms with van der Waals surface area (Å²) in [5.41, 5.74) is 4.35. The second-order valence-corrected chi connectivity index (χ2v) is 5.63. The molecule has 0 aromatic carbocycles. The van der Waals surface area contributed by atoms with Crippen LogP contribution in [0.1, 0.15) is 57.3 Å². The van der Waals surface area contributed by atoms with Gasteiger partial charge in [0.1, 0.15) is 0 Å². The number of aromatic nitrogens is 2. The van der Waals surface area contributed by atoms with Gasteiger partial charge >= 0.3 is 11.9 Å². The molecule has 6 heteroatoms. The number of aryl methyl sites for hydroxylation is 2. The van der Waals surface area contributed by atoms with Crippen LogP contribution in [0.2, 0.25) is 0 Å². The lowest BCUT2D eigenvalue weighted by Crippen LogP contribution is -2.17. The number of rotatable bonds is 5. The Morgan fingerprint density at radius 3 is 1.42 bits per heavy atom. The fourth-order valence-electron chi connectivity index (χ4n) is 2.95. The molecule has 24 heavy (non-hydrogen) atoms. The van der Waals surface area contributed by atoms with Gasteiger partial charge in [0.2, 0.25) is 0 Å². The maximum Gasteiger partial charge on any atom is 0.340 e. The van der Waals surface area contributed by atoms with Gasteiger partial charge in [-0.1, -0.05) is 0 Å². The average Bonchev–Trinajstić information content (AvgIpc) is 2.96. The Kier molecular flexibility index (Phi) is 5.17. The first-order chi connectivity index (χ1) is 11.3. The van der Waals surface area contributed by atoms with Crippen LogP contribution in [-0.4, -0.2) is 34.5 Å². The van der Waals surface area contributed by atoms with Crippen LogP contribution in [-0.2, 0) is 9.47 Å². The van der Waals surface area contributed by atoms with Crippen LogP contribution in [0.25, 0.3) is 0 Å². The third-order valence-corrected chi connectivity index (χ3v) is 3.98. The fraction of sp³-hybridized carbons (Fsp3) is 0.444. The highest BCUT2D eigenvalue weighted by atomic mass is 16.5. The zero-order chi connectivity index (χ0) is 18.0. The molecule has 2 heterocycles. The van der Waals surface area contributed by atoms with Crippen LogP contribution in [0.15, 0.2) is 12.1 Å². The molecule has 6 nitrogen and oxygen atoms in total. The normalized spacial score (nSPS) is 10.8. The van der Waals surface area contributed by atoms with Crippen molar-refractivity contribution in [1.29, 1.82) is 0 Å². The minimum Gasteiger partial charge on any atom is -0.462 e. The Balaban J connectivity index is 2.58. The summed E-state index contributed by atoms with van der Waals surface area (Å²) in [5, 5.41) is 0. The van der Waals surface area contributed by atoms with Gasteiger partial charge < -0.3 is 9.47 Å². The molecule has 0 fully saturated rings. The predicted molar refractivity (Wildman–Crippen MR) is 90.5 cm³/mol. The van der Waals surface area contributed by atoms with Crippen molar-refractivity contribution in [2.75, 3.05) is 13.2 Å². The molecule has 0 aliphatic rings. The summed E-state index contributed by atoms with van der Waals surface area (Å²) in [6.45, 7) is 11.8. The number of hydrogen-bond acceptors (Lipinski definition) is 4. The van der Waals surface area contributed by atoms with E-state index in [4.69, 9.17) is 9.47 Å². The smallest absolute Gasteiger partial charge is 0.340 e. The van der Waals surface area contributed by atoms with Gasteiger partial charge in [-0.25, -0.2) is 9.59 Å². The number of carbonyl (C=O) groups is 2. The number of carbonyl (C=O) groups excluding carboxylic acids is 2. The maximum atomic E-state index is 12.1. The Morgan fingerprint density at radius 1 is 0.792 bits per heavy atom. The van der Waals surface area contributed by atoms with E-state index in [2.05, 4.69) is 0 Å². The van der Waals surface area contributed by atoms with Crippen molar-refractivity contribution in [2.24, 2.45) is 0 Å². The first-order valence-corrected chi connectivity index (χ1v) is 8.06. The second-order valence-electron chi connectivity index (χ2n) is 5.63. The van der Waals surface area contributed by atoms with Gasteiger partial charge in [0.25, 0.3) is 0 Å². The van der Waals surface area contributed by atoms with E-state index in [0.29, 0.717) is 24.3 Å². The van der Waals surface area contributed by atoms with Crippen molar-refractivity contribution in [3.8, 4) is 0 Å². The summed E-state index contributed by atoms with van der Waals surface area (Å²) in [4.78, 5) is 24.2. The monoisotopic (exact) mass is 332 g/mol. The van der Waals surface area contributed by atoms with Crippen LogP contribution >= 0.6 is 0 Å². The maximum absolute atomic E-state index is 12.1. The first-order valence-electron chi connectivity index (χ1n) is 8.06. The molecule has 0 radical (unpaired) electrons. The number of esters is 2. The molecule has 2 aromatic heterocycles. The molecular weight excluding hydrogens is 308 g/mol. The van der Waals surface area contributed by atoms with Crippen molar-refractivity contribution >= 4 is 11.9 Å². The Bertz CT molecular complexity index is 717. The topological polar surface area (TPSA) is 62.5 Å². The molecule has 2 aromatic rings. The van der Waals surface area contributed by atoms with Gasteiger partial charge in [-0.2, -0.15) is 0 Å². The van der Waals surface area contributed by atoms with E-state index in [0.717, 1.165) is 22.8 Å². The summed E-state index contributed by atoms with van der Waals surface area (Å²) in [6.07, 6.45) is 0. The van der Waals surface area contributed by atoms with Gasteiger partial charge in [-0.3, -0.25) is 9.35 Å². The van der Waals surface area contributed by atoms with E-state index in [1.807, 2.05) is 37.0 Å². The third-order valence-electron chi connectivity index (χ3n) is 3.98. The SMILES string of the molecule is CCOC(=O)c1cc(C)n(-n2c(C)cc(C(=O)OCC)c2C)c1C. The molecule has 0 saturated heterocycles. The van der Waals surface area contributed by atoms with Crippen LogP contribution < -0.4 is 0 Å².